The third kappa shape index (κ3) is 2.66. The van der Waals surface area contributed by atoms with Gasteiger partial charge in [-0.2, -0.15) is 0 Å². The van der Waals surface area contributed by atoms with Crippen molar-refractivity contribution in [1.82, 2.24) is 0 Å². The number of rotatable bonds is 3. The van der Waals surface area contributed by atoms with Crippen LogP contribution in [-0.4, -0.2) is 11.7 Å². The van der Waals surface area contributed by atoms with Crippen LogP contribution in [0.3, 0.4) is 0 Å². The Morgan fingerprint density at radius 2 is 2.22 bits per heavy atom. The van der Waals surface area contributed by atoms with Crippen molar-refractivity contribution in [2.75, 3.05) is 6.61 Å². The van der Waals surface area contributed by atoms with Gasteiger partial charge in [-0.25, -0.2) is 0 Å². The number of aliphatic hydroxyl groups excluding tert-OH is 1. The molecule has 0 aliphatic rings. The second-order valence-electron chi connectivity index (χ2n) is 2.30. The van der Waals surface area contributed by atoms with Gasteiger partial charge in [0.2, 0.25) is 0 Å². The maximum Gasteiger partial charge on any atom is 0.0493 e. The van der Waals surface area contributed by atoms with Crippen LogP contribution in [0.15, 0.2) is 11.6 Å². The highest BCUT2D eigenvalue weighted by Crippen LogP contribution is 2.12. The Hall–Kier alpha value is -0.300. The molecule has 0 heterocycles. The first-order chi connectivity index (χ1) is 4.26. The monoisotopic (exact) mass is 128 g/mol. The van der Waals surface area contributed by atoms with E-state index in [9.17, 15) is 0 Å². The molecule has 0 saturated carbocycles. The van der Waals surface area contributed by atoms with Gasteiger partial charge in [-0.15, -0.1) is 0 Å². The first kappa shape index (κ1) is 8.70. The average molecular weight is 128 g/mol. The van der Waals surface area contributed by atoms with Crippen molar-refractivity contribution in [2.45, 2.75) is 27.2 Å². The van der Waals surface area contributed by atoms with E-state index in [4.69, 9.17) is 5.11 Å². The molecule has 1 nitrogen and oxygen atoms in total. The molecular weight excluding hydrogens is 112 g/mol. The van der Waals surface area contributed by atoms with Gasteiger partial charge in [-0.05, 0) is 13.3 Å². The quantitative estimate of drug-likeness (QED) is 0.576. The van der Waals surface area contributed by atoms with Gasteiger partial charge in [0.1, 0.15) is 0 Å². The molecule has 1 atom stereocenters. The first-order valence-corrected chi connectivity index (χ1v) is 3.52. The van der Waals surface area contributed by atoms with E-state index >= 15 is 0 Å². The largest absolute Gasteiger partial charge is 0.396 e. The first-order valence-electron chi connectivity index (χ1n) is 3.52. The van der Waals surface area contributed by atoms with Gasteiger partial charge < -0.3 is 5.11 Å². The zero-order valence-electron chi connectivity index (χ0n) is 6.52. The molecule has 0 radical (unpaired) electrons. The van der Waals surface area contributed by atoms with Gasteiger partial charge in [0.05, 0.1) is 0 Å². The van der Waals surface area contributed by atoms with E-state index in [1.807, 2.05) is 13.8 Å². The molecule has 9 heavy (non-hydrogen) atoms. The Kier molecular flexibility index (Phi) is 4.41. The van der Waals surface area contributed by atoms with Crippen molar-refractivity contribution in [3.63, 3.8) is 0 Å². The molecule has 1 N–H and O–H groups in total. The van der Waals surface area contributed by atoms with Gasteiger partial charge in [0.25, 0.3) is 0 Å². The lowest BCUT2D eigenvalue weighted by Crippen LogP contribution is -2.03. The Labute approximate surface area is 57.4 Å². The summed E-state index contributed by atoms with van der Waals surface area (Å²) in [6.45, 7) is 6.44. The predicted molar refractivity (Wildman–Crippen MR) is 40.3 cm³/mol. The van der Waals surface area contributed by atoms with Crippen molar-refractivity contribution in [3.8, 4) is 0 Å². The third-order valence-electron chi connectivity index (χ3n) is 1.69. The molecule has 0 aliphatic heterocycles. The number of hydrogen-bond donors (Lipinski definition) is 1. The van der Waals surface area contributed by atoms with Crippen LogP contribution in [0.5, 0.6) is 0 Å². The lowest BCUT2D eigenvalue weighted by atomic mass is 10.00. The van der Waals surface area contributed by atoms with Crippen molar-refractivity contribution in [1.29, 1.82) is 0 Å². The molecule has 0 spiro atoms. The highest BCUT2D eigenvalue weighted by molar-refractivity contribution is 5.03. The summed E-state index contributed by atoms with van der Waals surface area (Å²) in [5.74, 6) is 0.347. The Morgan fingerprint density at radius 1 is 1.67 bits per heavy atom. The standard InChI is InChI=1S/C8H16O/c1-4-8(5-2)7(3)6-9/h4,7,9H,5-6H2,1-3H3. The molecule has 0 aromatic rings. The highest BCUT2D eigenvalue weighted by Gasteiger charge is 2.02. The molecule has 0 aromatic heterocycles. The van der Waals surface area contributed by atoms with Crippen LogP contribution in [0.2, 0.25) is 0 Å². The van der Waals surface area contributed by atoms with Crippen LogP contribution in [-0.2, 0) is 0 Å². The van der Waals surface area contributed by atoms with E-state index < -0.39 is 0 Å². The van der Waals surface area contributed by atoms with Gasteiger partial charge in [0.15, 0.2) is 0 Å². The normalized spacial score (nSPS) is 15.8. The minimum Gasteiger partial charge on any atom is -0.396 e. The number of aliphatic hydroxyl groups is 1. The van der Waals surface area contributed by atoms with E-state index in [2.05, 4.69) is 13.0 Å². The average Bonchev–Trinajstić information content (AvgIpc) is 1.90. The fourth-order valence-corrected chi connectivity index (χ4v) is 0.954. The van der Waals surface area contributed by atoms with E-state index in [1.165, 1.54) is 5.57 Å². The lowest BCUT2D eigenvalue weighted by molar-refractivity contribution is 0.254. The molecule has 1 heteroatoms. The summed E-state index contributed by atoms with van der Waals surface area (Å²) in [4.78, 5) is 0. The van der Waals surface area contributed by atoms with E-state index in [0.717, 1.165) is 6.42 Å². The summed E-state index contributed by atoms with van der Waals surface area (Å²) in [6.07, 6.45) is 3.14. The van der Waals surface area contributed by atoms with Crippen molar-refractivity contribution >= 4 is 0 Å². The molecule has 0 aliphatic carbocycles. The molecule has 0 bridgehead atoms. The molecule has 0 rings (SSSR count). The third-order valence-corrected chi connectivity index (χ3v) is 1.69. The summed E-state index contributed by atoms with van der Waals surface area (Å²) in [6, 6.07) is 0. The summed E-state index contributed by atoms with van der Waals surface area (Å²) < 4.78 is 0. The second kappa shape index (κ2) is 4.57. The SMILES string of the molecule is CC=C(CC)C(C)CO. The Bertz CT molecular complexity index is 94.7. The zero-order chi connectivity index (χ0) is 7.28. The summed E-state index contributed by atoms with van der Waals surface area (Å²) >= 11 is 0. The molecule has 0 amide bonds. The van der Waals surface area contributed by atoms with Crippen LogP contribution in [0.25, 0.3) is 0 Å². The van der Waals surface area contributed by atoms with E-state index in [-0.39, 0.29) is 6.61 Å². The van der Waals surface area contributed by atoms with Gasteiger partial charge in [0, 0.05) is 12.5 Å². The fraction of sp³-hybridized carbons (Fsp3) is 0.750. The highest BCUT2D eigenvalue weighted by atomic mass is 16.3. The van der Waals surface area contributed by atoms with Crippen LogP contribution in [0, 0.1) is 5.92 Å². The van der Waals surface area contributed by atoms with Crippen LogP contribution in [0.4, 0.5) is 0 Å². The van der Waals surface area contributed by atoms with Crippen molar-refractivity contribution < 1.29 is 5.11 Å². The predicted octanol–water partition coefficient (Wildman–Crippen LogP) is 1.97. The minimum atomic E-state index is 0.271. The Balaban J connectivity index is 3.80. The molecular formula is C8H16O. The molecule has 0 saturated heterocycles. The van der Waals surface area contributed by atoms with Gasteiger partial charge in [-0.1, -0.05) is 25.5 Å². The Morgan fingerprint density at radius 3 is 2.33 bits per heavy atom. The maximum atomic E-state index is 8.73. The van der Waals surface area contributed by atoms with Crippen molar-refractivity contribution in [3.05, 3.63) is 11.6 Å². The van der Waals surface area contributed by atoms with Crippen LogP contribution >= 0.6 is 0 Å². The molecule has 0 aromatic carbocycles. The summed E-state index contributed by atoms with van der Waals surface area (Å²) in [5, 5.41) is 8.73. The summed E-state index contributed by atoms with van der Waals surface area (Å²) in [5.41, 5.74) is 1.34. The molecule has 54 valence electrons. The smallest absolute Gasteiger partial charge is 0.0493 e. The molecule has 1 unspecified atom stereocenters. The fourth-order valence-electron chi connectivity index (χ4n) is 0.954. The second-order valence-corrected chi connectivity index (χ2v) is 2.30. The van der Waals surface area contributed by atoms with Crippen LogP contribution in [0.1, 0.15) is 27.2 Å². The van der Waals surface area contributed by atoms with Gasteiger partial charge in [-0.3, -0.25) is 0 Å². The number of hydrogen-bond acceptors (Lipinski definition) is 1. The van der Waals surface area contributed by atoms with Crippen molar-refractivity contribution in [2.24, 2.45) is 5.92 Å². The van der Waals surface area contributed by atoms with Gasteiger partial charge >= 0.3 is 0 Å². The molecule has 0 fully saturated rings. The topological polar surface area (TPSA) is 20.2 Å². The van der Waals surface area contributed by atoms with E-state index in [1.54, 1.807) is 0 Å². The minimum absolute atomic E-state index is 0.271. The lowest BCUT2D eigenvalue weighted by Gasteiger charge is -2.09. The summed E-state index contributed by atoms with van der Waals surface area (Å²) in [7, 11) is 0. The maximum absolute atomic E-state index is 8.73. The van der Waals surface area contributed by atoms with E-state index in [0.29, 0.717) is 5.92 Å². The number of allylic oxidation sites excluding steroid dienone is 1. The van der Waals surface area contributed by atoms with Crippen LogP contribution < -0.4 is 0 Å². The zero-order valence-corrected chi connectivity index (χ0v) is 6.52.